The summed E-state index contributed by atoms with van der Waals surface area (Å²) in [5, 5.41) is 9.53. The van der Waals surface area contributed by atoms with Gasteiger partial charge in [0.25, 0.3) is 5.91 Å². The van der Waals surface area contributed by atoms with E-state index < -0.39 is 0 Å². The second kappa shape index (κ2) is 4.66. The molecule has 1 amide bonds. The molecule has 0 fully saturated rings. The molecular formula is C14H14N2O2S. The molecule has 0 radical (unpaired) electrons. The molecule has 2 aromatic rings. The van der Waals surface area contributed by atoms with Gasteiger partial charge in [0.05, 0.1) is 11.2 Å². The van der Waals surface area contributed by atoms with Gasteiger partial charge < -0.3 is 10.0 Å². The summed E-state index contributed by atoms with van der Waals surface area (Å²) >= 11 is 1.38. The fourth-order valence-corrected chi connectivity index (χ4v) is 3.14. The third-order valence-electron chi connectivity index (χ3n) is 3.43. The van der Waals surface area contributed by atoms with Crippen LogP contribution in [0.25, 0.3) is 0 Å². The van der Waals surface area contributed by atoms with E-state index in [0.717, 1.165) is 17.7 Å². The molecule has 1 aromatic heterocycles. The lowest BCUT2D eigenvalue weighted by atomic mass is 9.99. The number of thiazole rings is 1. The number of rotatable bonds is 1. The quantitative estimate of drug-likeness (QED) is 0.868. The van der Waals surface area contributed by atoms with Gasteiger partial charge in [0.2, 0.25) is 0 Å². The molecule has 1 N–H and O–H groups in total. The topological polar surface area (TPSA) is 53.4 Å². The van der Waals surface area contributed by atoms with Gasteiger partial charge in [-0.3, -0.25) is 4.79 Å². The van der Waals surface area contributed by atoms with E-state index >= 15 is 0 Å². The lowest BCUT2D eigenvalue weighted by molar-refractivity contribution is 0.0738. The van der Waals surface area contributed by atoms with Gasteiger partial charge in [0, 0.05) is 13.1 Å². The molecule has 0 unspecified atom stereocenters. The molecule has 0 bridgehead atoms. The van der Waals surface area contributed by atoms with Gasteiger partial charge in [0.15, 0.2) is 0 Å². The number of aromatic nitrogens is 1. The normalized spacial score (nSPS) is 14.3. The van der Waals surface area contributed by atoms with Crippen molar-refractivity contribution in [2.75, 3.05) is 6.54 Å². The number of carbonyl (C=O) groups is 1. The van der Waals surface area contributed by atoms with E-state index in [4.69, 9.17) is 0 Å². The number of hydrogen-bond acceptors (Lipinski definition) is 4. The van der Waals surface area contributed by atoms with E-state index in [1.165, 1.54) is 16.9 Å². The number of fused-ring (bicyclic) bond motifs is 1. The van der Waals surface area contributed by atoms with Crippen LogP contribution >= 0.6 is 11.3 Å². The van der Waals surface area contributed by atoms with Crippen molar-refractivity contribution in [1.82, 2.24) is 9.88 Å². The molecular weight excluding hydrogens is 260 g/mol. The van der Waals surface area contributed by atoms with E-state index in [1.807, 2.05) is 17.9 Å². The Morgan fingerprint density at radius 2 is 2.26 bits per heavy atom. The van der Waals surface area contributed by atoms with E-state index in [1.54, 1.807) is 17.6 Å². The average Bonchev–Trinajstić information content (AvgIpc) is 2.83. The van der Waals surface area contributed by atoms with Gasteiger partial charge in [-0.15, -0.1) is 11.3 Å². The fourth-order valence-electron chi connectivity index (χ4n) is 2.37. The average molecular weight is 274 g/mol. The molecule has 2 heterocycles. The number of amides is 1. The zero-order valence-corrected chi connectivity index (χ0v) is 11.4. The van der Waals surface area contributed by atoms with Crippen molar-refractivity contribution >= 4 is 17.2 Å². The summed E-state index contributed by atoms with van der Waals surface area (Å²) in [6.45, 7) is 3.13. The Balaban J connectivity index is 1.86. The van der Waals surface area contributed by atoms with Crippen molar-refractivity contribution < 1.29 is 9.90 Å². The van der Waals surface area contributed by atoms with E-state index in [2.05, 4.69) is 4.98 Å². The number of benzene rings is 1. The molecule has 5 heteroatoms. The molecule has 19 heavy (non-hydrogen) atoms. The van der Waals surface area contributed by atoms with Crippen molar-refractivity contribution in [3.8, 4) is 5.75 Å². The minimum Gasteiger partial charge on any atom is -0.508 e. The first kappa shape index (κ1) is 12.2. The highest BCUT2D eigenvalue weighted by Crippen LogP contribution is 2.25. The van der Waals surface area contributed by atoms with Gasteiger partial charge >= 0.3 is 0 Å². The molecule has 3 rings (SSSR count). The van der Waals surface area contributed by atoms with Crippen LogP contribution in [-0.4, -0.2) is 27.4 Å². The first-order valence-electron chi connectivity index (χ1n) is 6.15. The first-order valence-corrected chi connectivity index (χ1v) is 7.03. The van der Waals surface area contributed by atoms with Crippen molar-refractivity contribution in [3.63, 3.8) is 0 Å². The Hall–Kier alpha value is -1.88. The third kappa shape index (κ3) is 2.21. The SMILES string of the molecule is Cc1ncsc1C(=O)N1CCc2ccc(O)cc2C1. The number of aryl methyl sites for hydroxylation is 1. The second-order valence-corrected chi connectivity index (χ2v) is 5.55. The van der Waals surface area contributed by atoms with Gasteiger partial charge in [-0.05, 0) is 36.6 Å². The predicted molar refractivity (Wildman–Crippen MR) is 73.4 cm³/mol. The van der Waals surface area contributed by atoms with Gasteiger partial charge in [0.1, 0.15) is 10.6 Å². The molecule has 0 saturated heterocycles. The Morgan fingerprint density at radius 3 is 3.00 bits per heavy atom. The van der Waals surface area contributed by atoms with Crippen LogP contribution < -0.4 is 0 Å². The Labute approximate surface area is 115 Å². The maximum Gasteiger partial charge on any atom is 0.266 e. The van der Waals surface area contributed by atoms with Crippen molar-refractivity contribution in [1.29, 1.82) is 0 Å². The standard InChI is InChI=1S/C14H14N2O2S/c1-9-13(19-8-15-9)14(18)16-5-4-10-2-3-12(17)6-11(10)7-16/h2-3,6,8,17H,4-5,7H2,1H3. The lowest BCUT2D eigenvalue weighted by Gasteiger charge is -2.28. The largest absolute Gasteiger partial charge is 0.508 e. The summed E-state index contributed by atoms with van der Waals surface area (Å²) in [6, 6.07) is 5.38. The van der Waals surface area contributed by atoms with E-state index in [0.29, 0.717) is 18.0 Å². The molecule has 0 spiro atoms. The zero-order chi connectivity index (χ0) is 13.4. The highest BCUT2D eigenvalue weighted by molar-refractivity contribution is 7.11. The van der Waals surface area contributed by atoms with Gasteiger partial charge in [-0.1, -0.05) is 6.07 Å². The molecule has 0 saturated carbocycles. The highest BCUT2D eigenvalue weighted by atomic mass is 32.1. The number of phenolic OH excluding ortho intramolecular Hbond substituents is 1. The summed E-state index contributed by atoms with van der Waals surface area (Å²) in [7, 11) is 0. The first-order chi connectivity index (χ1) is 9.15. The molecule has 98 valence electrons. The molecule has 0 aliphatic carbocycles. The summed E-state index contributed by atoms with van der Waals surface area (Å²) in [5.41, 5.74) is 4.73. The smallest absolute Gasteiger partial charge is 0.266 e. The zero-order valence-electron chi connectivity index (χ0n) is 10.6. The van der Waals surface area contributed by atoms with Crippen LogP contribution in [0.1, 0.15) is 26.5 Å². The monoisotopic (exact) mass is 274 g/mol. The van der Waals surface area contributed by atoms with Crippen molar-refractivity contribution in [2.24, 2.45) is 0 Å². The number of carbonyl (C=O) groups excluding carboxylic acids is 1. The minimum absolute atomic E-state index is 0.0361. The molecule has 1 aliphatic heterocycles. The Bertz CT molecular complexity index is 636. The summed E-state index contributed by atoms with van der Waals surface area (Å²) in [5.74, 6) is 0.288. The van der Waals surface area contributed by atoms with Crippen LogP contribution in [0, 0.1) is 6.92 Å². The maximum absolute atomic E-state index is 12.4. The van der Waals surface area contributed by atoms with Crippen LogP contribution in [0.2, 0.25) is 0 Å². The number of nitrogens with zero attached hydrogens (tertiary/aromatic N) is 2. The molecule has 1 aromatic carbocycles. The summed E-state index contributed by atoms with van der Waals surface area (Å²) in [6.07, 6.45) is 0.833. The van der Waals surface area contributed by atoms with Crippen LogP contribution in [0.15, 0.2) is 23.7 Å². The van der Waals surface area contributed by atoms with Crippen LogP contribution in [-0.2, 0) is 13.0 Å². The van der Waals surface area contributed by atoms with Crippen LogP contribution in [0.4, 0.5) is 0 Å². The Morgan fingerprint density at radius 1 is 1.42 bits per heavy atom. The number of aromatic hydroxyl groups is 1. The van der Waals surface area contributed by atoms with E-state index in [9.17, 15) is 9.90 Å². The molecule has 4 nitrogen and oxygen atoms in total. The predicted octanol–water partition coefficient (Wildman–Crippen LogP) is 2.36. The van der Waals surface area contributed by atoms with Gasteiger partial charge in [-0.25, -0.2) is 4.98 Å². The number of phenols is 1. The van der Waals surface area contributed by atoms with E-state index in [-0.39, 0.29) is 11.7 Å². The summed E-state index contributed by atoms with van der Waals surface area (Å²) in [4.78, 5) is 19.1. The molecule has 1 aliphatic rings. The second-order valence-electron chi connectivity index (χ2n) is 4.70. The van der Waals surface area contributed by atoms with Crippen molar-refractivity contribution in [2.45, 2.75) is 19.9 Å². The molecule has 0 atom stereocenters. The summed E-state index contributed by atoms with van der Waals surface area (Å²) < 4.78 is 0. The lowest BCUT2D eigenvalue weighted by Crippen LogP contribution is -2.35. The minimum atomic E-state index is 0.0361. The third-order valence-corrected chi connectivity index (χ3v) is 4.35. The van der Waals surface area contributed by atoms with Crippen LogP contribution in [0.3, 0.4) is 0 Å². The highest BCUT2D eigenvalue weighted by Gasteiger charge is 2.24. The van der Waals surface area contributed by atoms with Crippen molar-refractivity contribution in [3.05, 3.63) is 45.4 Å². The van der Waals surface area contributed by atoms with Crippen LogP contribution in [0.5, 0.6) is 5.75 Å². The fraction of sp³-hybridized carbons (Fsp3) is 0.286. The maximum atomic E-state index is 12.4. The number of hydrogen-bond donors (Lipinski definition) is 1. The Kier molecular flexibility index (Phi) is 2.98. The van der Waals surface area contributed by atoms with Gasteiger partial charge in [-0.2, -0.15) is 0 Å².